The monoisotopic (exact) mass is 445 g/mol. The van der Waals surface area contributed by atoms with Gasteiger partial charge in [0.2, 0.25) is 5.91 Å². The van der Waals surface area contributed by atoms with Gasteiger partial charge in [0, 0.05) is 24.8 Å². The number of nitrogens with one attached hydrogen (secondary N) is 1. The Bertz CT molecular complexity index is 972. The lowest BCUT2D eigenvalue weighted by atomic mass is 9.94. The van der Waals surface area contributed by atoms with E-state index < -0.39 is 0 Å². The van der Waals surface area contributed by atoms with Crippen LogP contribution in [0.3, 0.4) is 0 Å². The van der Waals surface area contributed by atoms with Crippen LogP contribution in [0.5, 0.6) is 5.75 Å². The summed E-state index contributed by atoms with van der Waals surface area (Å²) in [6.07, 6.45) is 1.74. The van der Waals surface area contributed by atoms with Gasteiger partial charge in [-0.1, -0.05) is 6.07 Å². The van der Waals surface area contributed by atoms with Crippen molar-refractivity contribution in [2.75, 3.05) is 31.9 Å². The molecule has 2 atom stereocenters. The van der Waals surface area contributed by atoms with E-state index in [1.54, 1.807) is 26.0 Å². The van der Waals surface area contributed by atoms with Gasteiger partial charge < -0.3 is 19.5 Å². The van der Waals surface area contributed by atoms with Crippen LogP contribution in [0.4, 0.5) is 5.82 Å². The molecule has 2 aliphatic rings. The molecule has 0 bridgehead atoms. The van der Waals surface area contributed by atoms with Gasteiger partial charge in [-0.25, -0.2) is 4.68 Å². The third kappa shape index (κ3) is 4.47. The number of carbonyl (C=O) groups excluding carboxylic acids is 1. The largest absolute Gasteiger partial charge is 0.496 e. The summed E-state index contributed by atoms with van der Waals surface area (Å²) in [6, 6.07) is 6.36. The van der Waals surface area contributed by atoms with E-state index >= 15 is 0 Å². The average Bonchev–Trinajstić information content (AvgIpc) is 2.93. The summed E-state index contributed by atoms with van der Waals surface area (Å²) in [5.41, 5.74) is 3.93. The Morgan fingerprint density at radius 1 is 1.35 bits per heavy atom. The summed E-state index contributed by atoms with van der Waals surface area (Å²) in [4.78, 5) is 12.6. The number of anilines is 1. The van der Waals surface area contributed by atoms with Crippen molar-refractivity contribution in [3.8, 4) is 5.75 Å². The number of thioether (sulfide) groups is 1. The van der Waals surface area contributed by atoms with E-state index in [4.69, 9.17) is 19.3 Å². The zero-order chi connectivity index (χ0) is 22.2. The lowest BCUT2D eigenvalue weighted by molar-refractivity contribution is -0.113. The summed E-state index contributed by atoms with van der Waals surface area (Å²) >= 11 is 1.63. The first-order valence-corrected chi connectivity index (χ1v) is 11.7. The zero-order valence-electron chi connectivity index (χ0n) is 18.9. The highest BCUT2D eigenvalue weighted by Gasteiger charge is 2.36. The molecular weight excluding hydrogens is 414 g/mol. The van der Waals surface area contributed by atoms with Gasteiger partial charge in [0.25, 0.3) is 0 Å². The van der Waals surface area contributed by atoms with Crippen molar-refractivity contribution >= 4 is 23.5 Å². The van der Waals surface area contributed by atoms with E-state index in [0.29, 0.717) is 19.0 Å². The van der Waals surface area contributed by atoms with Crippen LogP contribution in [0.15, 0.2) is 18.2 Å². The van der Waals surface area contributed by atoms with Gasteiger partial charge in [0.1, 0.15) is 11.6 Å². The van der Waals surface area contributed by atoms with Crippen LogP contribution in [-0.2, 0) is 20.9 Å². The molecule has 1 aromatic heterocycles. The average molecular weight is 446 g/mol. The number of hydrogen-bond donors (Lipinski definition) is 1. The zero-order valence-corrected chi connectivity index (χ0v) is 19.7. The van der Waals surface area contributed by atoms with Crippen molar-refractivity contribution in [1.82, 2.24) is 9.78 Å². The second-order valence-corrected chi connectivity index (χ2v) is 9.88. The number of ether oxygens (including phenoxy) is 3. The molecule has 4 rings (SSSR count). The van der Waals surface area contributed by atoms with E-state index in [1.165, 1.54) is 0 Å². The Balaban J connectivity index is 1.78. The smallest absolute Gasteiger partial charge is 0.235 e. The normalized spacial score (nSPS) is 23.1. The van der Waals surface area contributed by atoms with Gasteiger partial charge in [-0.3, -0.25) is 4.79 Å². The van der Waals surface area contributed by atoms with Crippen LogP contribution >= 0.6 is 11.8 Å². The van der Waals surface area contributed by atoms with Crippen molar-refractivity contribution in [1.29, 1.82) is 0 Å². The molecule has 2 aromatic rings. The number of carbonyl (C=O) groups is 1. The molecule has 168 valence electrons. The molecule has 0 spiro atoms. The topological polar surface area (TPSA) is 74.6 Å². The molecule has 0 unspecified atom stereocenters. The van der Waals surface area contributed by atoms with Gasteiger partial charge in [0.05, 0.1) is 42.1 Å². The first kappa shape index (κ1) is 22.2. The number of rotatable bonds is 5. The molecule has 8 heteroatoms. The Kier molecular flexibility index (Phi) is 6.32. The Morgan fingerprint density at radius 2 is 2.16 bits per heavy atom. The van der Waals surface area contributed by atoms with Crippen molar-refractivity contribution in [3.05, 3.63) is 40.6 Å². The molecule has 0 saturated carbocycles. The molecule has 1 amide bonds. The van der Waals surface area contributed by atoms with Crippen molar-refractivity contribution in [2.24, 2.45) is 0 Å². The fourth-order valence-electron chi connectivity index (χ4n) is 4.57. The van der Waals surface area contributed by atoms with Gasteiger partial charge in [-0.2, -0.15) is 5.10 Å². The van der Waals surface area contributed by atoms with Crippen LogP contribution < -0.4 is 10.1 Å². The number of aromatic nitrogens is 2. The van der Waals surface area contributed by atoms with Gasteiger partial charge in [0.15, 0.2) is 0 Å². The van der Waals surface area contributed by atoms with Crippen LogP contribution in [0.1, 0.15) is 60.4 Å². The van der Waals surface area contributed by atoms with Crippen LogP contribution in [0.25, 0.3) is 0 Å². The SMILES string of the molecule is COCc1cc([C@H]2SCC(=O)Nc3c2c(C)nn3[C@H]2CCOC(C)(C)C2)ccc1OC. The summed E-state index contributed by atoms with van der Waals surface area (Å²) in [5, 5.41) is 8.06. The van der Waals surface area contributed by atoms with Crippen molar-refractivity contribution in [3.63, 3.8) is 0 Å². The maximum atomic E-state index is 12.6. The molecule has 0 aliphatic carbocycles. The van der Waals surface area contributed by atoms with Gasteiger partial charge in [-0.05, 0) is 51.3 Å². The summed E-state index contributed by atoms with van der Waals surface area (Å²) in [7, 11) is 3.34. The molecule has 7 nitrogen and oxygen atoms in total. The maximum absolute atomic E-state index is 12.6. The number of amides is 1. The summed E-state index contributed by atoms with van der Waals surface area (Å²) < 4.78 is 18.8. The minimum atomic E-state index is -0.205. The molecule has 1 aromatic carbocycles. The number of benzene rings is 1. The van der Waals surface area contributed by atoms with E-state index in [-0.39, 0.29) is 22.8 Å². The summed E-state index contributed by atoms with van der Waals surface area (Å²) in [6.45, 7) is 7.41. The quantitative estimate of drug-likeness (QED) is 0.742. The first-order chi connectivity index (χ1) is 14.8. The Morgan fingerprint density at radius 3 is 2.87 bits per heavy atom. The van der Waals surface area contributed by atoms with Gasteiger partial charge >= 0.3 is 0 Å². The van der Waals surface area contributed by atoms with E-state index in [1.807, 2.05) is 17.7 Å². The van der Waals surface area contributed by atoms with E-state index in [0.717, 1.165) is 46.8 Å². The molecule has 3 heterocycles. The van der Waals surface area contributed by atoms with E-state index in [2.05, 4.69) is 31.3 Å². The third-order valence-corrected chi connectivity index (χ3v) is 7.23. The third-order valence-electron chi connectivity index (χ3n) is 5.96. The van der Waals surface area contributed by atoms with Crippen molar-refractivity contribution < 1.29 is 19.0 Å². The molecule has 2 aliphatic heterocycles. The second-order valence-electron chi connectivity index (χ2n) is 8.79. The predicted octanol–water partition coefficient (Wildman–Crippen LogP) is 4.25. The number of aryl methyl sites for hydroxylation is 1. The molecule has 31 heavy (non-hydrogen) atoms. The minimum absolute atomic E-state index is 0.00272. The fraction of sp³-hybridized carbons (Fsp3) is 0.565. The maximum Gasteiger partial charge on any atom is 0.235 e. The highest BCUT2D eigenvalue weighted by molar-refractivity contribution is 8.00. The molecule has 1 saturated heterocycles. The number of nitrogens with zero attached hydrogens (tertiary/aromatic N) is 2. The number of fused-ring (bicyclic) bond motifs is 1. The van der Waals surface area contributed by atoms with Crippen LogP contribution in [-0.4, -0.2) is 47.9 Å². The fourth-order valence-corrected chi connectivity index (χ4v) is 5.75. The highest BCUT2D eigenvalue weighted by Crippen LogP contribution is 2.46. The van der Waals surface area contributed by atoms with Crippen LogP contribution in [0.2, 0.25) is 0 Å². The second kappa shape index (κ2) is 8.84. The Labute approximate surface area is 187 Å². The number of hydrogen-bond acceptors (Lipinski definition) is 6. The first-order valence-electron chi connectivity index (χ1n) is 10.6. The number of methoxy groups -OCH3 is 2. The van der Waals surface area contributed by atoms with Crippen molar-refractivity contribution in [2.45, 2.75) is 57.1 Å². The predicted molar refractivity (Wildman–Crippen MR) is 122 cm³/mol. The summed E-state index contributed by atoms with van der Waals surface area (Å²) in [5.74, 6) is 2.02. The Hall–Kier alpha value is -2.03. The lowest BCUT2D eigenvalue weighted by Crippen LogP contribution is -2.36. The molecule has 0 radical (unpaired) electrons. The molecule has 1 fully saturated rings. The molecule has 1 N–H and O–H groups in total. The lowest BCUT2D eigenvalue weighted by Gasteiger charge is -2.36. The van der Waals surface area contributed by atoms with E-state index in [9.17, 15) is 4.79 Å². The molecular formula is C23H31N3O4S. The standard InChI is InChI=1S/C23H31N3O4S/c1-14-20-21(15-6-7-18(29-5)16(10-15)12-28-4)31-13-19(27)24-22(20)26(25-14)17-8-9-30-23(2,3)11-17/h6-7,10,17,21H,8-9,11-13H2,1-5H3,(H,24,27)/t17-,21+/m0/s1. The van der Waals surface area contributed by atoms with Crippen LogP contribution in [0, 0.1) is 6.92 Å². The van der Waals surface area contributed by atoms with Gasteiger partial charge in [-0.15, -0.1) is 11.8 Å². The highest BCUT2D eigenvalue weighted by atomic mass is 32.2. The minimum Gasteiger partial charge on any atom is -0.496 e.